The molecule has 2 aliphatic heterocycles. The number of hydrogen-bond donors (Lipinski definition) is 2. The molecule has 2 heterocycles. The summed E-state index contributed by atoms with van der Waals surface area (Å²) in [5, 5.41) is 11.3. The number of likely N-dealkylation sites (tertiary alicyclic amines) is 1. The van der Waals surface area contributed by atoms with Crippen LogP contribution in [0.2, 0.25) is 0 Å². The Kier molecular flexibility index (Phi) is 4.33. The molecule has 7 nitrogen and oxygen atoms in total. The Labute approximate surface area is 138 Å². The Bertz CT molecular complexity index is 697. The highest BCUT2D eigenvalue weighted by atomic mass is 16.4. The number of hydrogen-bond acceptors (Lipinski definition) is 4. The SMILES string of the molecule is O=C1CC(Cc2ccc(C(=O)N3CCC(C(=O)O)C3)cc2)C(=O)N1. The van der Waals surface area contributed by atoms with Gasteiger partial charge in [-0.1, -0.05) is 12.1 Å². The Morgan fingerprint density at radius 2 is 1.92 bits per heavy atom. The summed E-state index contributed by atoms with van der Waals surface area (Å²) in [4.78, 5) is 47.7. The molecule has 0 aromatic heterocycles. The van der Waals surface area contributed by atoms with Crippen molar-refractivity contribution in [2.24, 2.45) is 11.8 Å². The number of nitrogens with zero attached hydrogens (tertiary/aromatic N) is 1. The molecule has 0 aliphatic carbocycles. The van der Waals surface area contributed by atoms with Crippen LogP contribution in [0.4, 0.5) is 0 Å². The maximum atomic E-state index is 12.4. The number of nitrogens with one attached hydrogen (secondary N) is 1. The Morgan fingerprint density at radius 3 is 2.46 bits per heavy atom. The summed E-state index contributed by atoms with van der Waals surface area (Å²) in [6.07, 6.45) is 1.13. The van der Waals surface area contributed by atoms with Gasteiger partial charge in [-0.3, -0.25) is 24.5 Å². The number of carbonyl (C=O) groups is 4. The van der Waals surface area contributed by atoms with Crippen LogP contribution in [0.3, 0.4) is 0 Å². The van der Waals surface area contributed by atoms with E-state index in [2.05, 4.69) is 5.32 Å². The number of carbonyl (C=O) groups excluding carboxylic acids is 3. The molecule has 2 fully saturated rings. The minimum atomic E-state index is -0.870. The lowest BCUT2D eigenvalue weighted by molar-refractivity contribution is -0.141. The molecule has 2 unspecified atom stereocenters. The fraction of sp³-hybridized carbons (Fsp3) is 0.412. The van der Waals surface area contributed by atoms with Gasteiger partial charge in [0.2, 0.25) is 11.8 Å². The normalized spacial score (nSPS) is 23.4. The first-order chi connectivity index (χ1) is 11.4. The smallest absolute Gasteiger partial charge is 0.308 e. The van der Waals surface area contributed by atoms with Crippen molar-refractivity contribution in [3.63, 3.8) is 0 Å². The van der Waals surface area contributed by atoms with Crippen LogP contribution in [-0.4, -0.2) is 46.8 Å². The molecule has 0 spiro atoms. The van der Waals surface area contributed by atoms with Gasteiger partial charge in [0, 0.05) is 25.1 Å². The molecule has 3 rings (SSSR count). The Morgan fingerprint density at radius 1 is 1.21 bits per heavy atom. The minimum Gasteiger partial charge on any atom is -0.481 e. The van der Waals surface area contributed by atoms with Crippen LogP contribution < -0.4 is 5.32 Å². The zero-order valence-electron chi connectivity index (χ0n) is 13.0. The molecule has 7 heteroatoms. The number of aliphatic carboxylic acids is 1. The maximum Gasteiger partial charge on any atom is 0.308 e. The maximum absolute atomic E-state index is 12.4. The van der Waals surface area contributed by atoms with Crippen molar-refractivity contribution in [3.05, 3.63) is 35.4 Å². The first kappa shape index (κ1) is 16.2. The minimum absolute atomic E-state index is 0.181. The molecular weight excluding hydrogens is 312 g/mol. The van der Waals surface area contributed by atoms with Crippen molar-refractivity contribution in [1.29, 1.82) is 0 Å². The second kappa shape index (κ2) is 6.43. The average Bonchev–Trinajstić information content (AvgIpc) is 3.15. The lowest BCUT2D eigenvalue weighted by Gasteiger charge is -2.16. The highest BCUT2D eigenvalue weighted by molar-refractivity contribution is 6.03. The van der Waals surface area contributed by atoms with Gasteiger partial charge in [-0.15, -0.1) is 0 Å². The molecule has 126 valence electrons. The van der Waals surface area contributed by atoms with Crippen molar-refractivity contribution in [2.45, 2.75) is 19.3 Å². The Hall–Kier alpha value is -2.70. The van der Waals surface area contributed by atoms with Crippen LogP contribution in [0.5, 0.6) is 0 Å². The average molecular weight is 330 g/mol. The van der Waals surface area contributed by atoms with Crippen molar-refractivity contribution < 1.29 is 24.3 Å². The zero-order valence-corrected chi connectivity index (χ0v) is 13.0. The van der Waals surface area contributed by atoms with E-state index in [0.717, 1.165) is 5.56 Å². The third-order valence-corrected chi connectivity index (χ3v) is 4.57. The van der Waals surface area contributed by atoms with E-state index in [1.807, 2.05) is 0 Å². The van der Waals surface area contributed by atoms with Gasteiger partial charge in [-0.05, 0) is 30.5 Å². The molecule has 3 amide bonds. The quantitative estimate of drug-likeness (QED) is 0.780. The summed E-state index contributed by atoms with van der Waals surface area (Å²) in [6.45, 7) is 0.683. The van der Waals surface area contributed by atoms with Crippen molar-refractivity contribution in [2.75, 3.05) is 13.1 Å². The number of benzene rings is 1. The van der Waals surface area contributed by atoms with E-state index >= 15 is 0 Å². The molecule has 2 saturated heterocycles. The van der Waals surface area contributed by atoms with Crippen molar-refractivity contribution in [3.8, 4) is 0 Å². The molecule has 2 aliphatic rings. The standard InChI is InChI=1S/C17H18N2O5/c20-14-8-13(15(21)18-14)7-10-1-3-11(4-2-10)16(22)19-6-5-12(9-19)17(23)24/h1-4,12-13H,5-9H2,(H,23,24)(H,18,20,21). The summed E-state index contributed by atoms with van der Waals surface area (Å²) in [5.41, 5.74) is 1.38. The van der Waals surface area contributed by atoms with Gasteiger partial charge in [0.25, 0.3) is 5.91 Å². The van der Waals surface area contributed by atoms with Gasteiger partial charge >= 0.3 is 5.97 Å². The molecule has 2 atom stereocenters. The second-order valence-corrected chi connectivity index (χ2v) is 6.29. The van der Waals surface area contributed by atoms with Crippen LogP contribution in [0.15, 0.2) is 24.3 Å². The van der Waals surface area contributed by atoms with Crippen LogP contribution in [-0.2, 0) is 20.8 Å². The molecule has 1 aromatic carbocycles. The third kappa shape index (κ3) is 3.29. The highest BCUT2D eigenvalue weighted by Gasteiger charge is 2.32. The van der Waals surface area contributed by atoms with Crippen LogP contribution in [0, 0.1) is 11.8 Å². The van der Waals surface area contributed by atoms with Crippen LogP contribution in [0.1, 0.15) is 28.8 Å². The summed E-state index contributed by atoms with van der Waals surface area (Å²) >= 11 is 0. The van der Waals surface area contributed by atoms with E-state index in [9.17, 15) is 19.2 Å². The van der Waals surface area contributed by atoms with E-state index in [1.165, 1.54) is 0 Å². The summed E-state index contributed by atoms with van der Waals surface area (Å²) in [6, 6.07) is 6.91. The number of imide groups is 1. The van der Waals surface area contributed by atoms with Gasteiger partial charge < -0.3 is 10.0 Å². The predicted octanol–water partition coefficient (Wildman–Crippen LogP) is 0.438. The predicted molar refractivity (Wildman–Crippen MR) is 83.0 cm³/mol. The first-order valence-corrected chi connectivity index (χ1v) is 7.88. The molecular formula is C17H18N2O5. The van der Waals surface area contributed by atoms with E-state index in [-0.39, 0.29) is 36.6 Å². The van der Waals surface area contributed by atoms with Gasteiger partial charge in [0.15, 0.2) is 0 Å². The monoisotopic (exact) mass is 330 g/mol. The number of rotatable bonds is 4. The van der Waals surface area contributed by atoms with E-state index in [1.54, 1.807) is 29.2 Å². The molecule has 0 radical (unpaired) electrons. The number of carboxylic acids is 1. The summed E-state index contributed by atoms with van der Waals surface area (Å²) < 4.78 is 0. The largest absolute Gasteiger partial charge is 0.481 e. The lowest BCUT2D eigenvalue weighted by Crippen LogP contribution is -2.29. The van der Waals surface area contributed by atoms with E-state index in [4.69, 9.17) is 5.11 Å². The molecule has 2 N–H and O–H groups in total. The topological polar surface area (TPSA) is 104 Å². The molecule has 0 bridgehead atoms. The molecule has 0 saturated carbocycles. The fourth-order valence-corrected chi connectivity index (χ4v) is 3.17. The first-order valence-electron chi connectivity index (χ1n) is 7.88. The number of amides is 3. The number of carboxylic acid groups (broad SMARTS) is 1. The molecule has 24 heavy (non-hydrogen) atoms. The van der Waals surface area contributed by atoms with E-state index < -0.39 is 11.9 Å². The zero-order chi connectivity index (χ0) is 17.3. The summed E-state index contributed by atoms with van der Waals surface area (Å²) in [5.74, 6) is -2.40. The van der Waals surface area contributed by atoms with Gasteiger partial charge in [-0.2, -0.15) is 0 Å². The van der Waals surface area contributed by atoms with Crippen molar-refractivity contribution in [1.82, 2.24) is 10.2 Å². The van der Waals surface area contributed by atoms with Crippen LogP contribution >= 0.6 is 0 Å². The highest BCUT2D eigenvalue weighted by Crippen LogP contribution is 2.21. The third-order valence-electron chi connectivity index (χ3n) is 4.57. The van der Waals surface area contributed by atoms with Gasteiger partial charge in [0.1, 0.15) is 0 Å². The molecule has 1 aromatic rings. The van der Waals surface area contributed by atoms with Crippen molar-refractivity contribution >= 4 is 23.7 Å². The second-order valence-electron chi connectivity index (χ2n) is 6.29. The lowest BCUT2D eigenvalue weighted by atomic mass is 9.97. The van der Waals surface area contributed by atoms with Gasteiger partial charge in [-0.25, -0.2) is 0 Å². The summed E-state index contributed by atoms with van der Waals surface area (Å²) in [7, 11) is 0. The van der Waals surface area contributed by atoms with Crippen LogP contribution in [0.25, 0.3) is 0 Å². The fourth-order valence-electron chi connectivity index (χ4n) is 3.17. The van der Waals surface area contributed by atoms with Gasteiger partial charge in [0.05, 0.1) is 11.8 Å². The Balaban J connectivity index is 1.62. The van der Waals surface area contributed by atoms with E-state index in [0.29, 0.717) is 24.9 Å².